The minimum atomic E-state index is -0.261. The minimum absolute atomic E-state index is 0.166. The first-order valence-corrected chi connectivity index (χ1v) is 8.85. The van der Waals surface area contributed by atoms with Crippen molar-refractivity contribution in [2.45, 2.75) is 46.1 Å². The number of hydrogen-bond acceptors (Lipinski definition) is 6. The number of carbonyl (C=O) groups excluding carboxylic acids is 2. The largest absolute Gasteiger partial charge is 0.450 e. The van der Waals surface area contributed by atoms with E-state index in [4.69, 9.17) is 4.74 Å². The average molecular weight is 349 g/mol. The smallest absolute Gasteiger partial charge is 0.409 e. The third kappa shape index (κ3) is 5.58. The van der Waals surface area contributed by atoms with Crippen LogP contribution in [0.2, 0.25) is 0 Å². The molecule has 0 saturated carbocycles. The Balaban J connectivity index is 1.94. The van der Waals surface area contributed by atoms with E-state index in [1.54, 1.807) is 17.9 Å². The van der Waals surface area contributed by atoms with Crippen LogP contribution in [0.4, 0.5) is 10.7 Å². The fourth-order valence-corrected chi connectivity index (χ4v) is 2.68. The summed E-state index contributed by atoms with van der Waals surface area (Å²) in [5, 5.41) is 6.11. The van der Waals surface area contributed by atoms with Crippen LogP contribution in [0.3, 0.4) is 0 Å². The van der Waals surface area contributed by atoms with E-state index in [9.17, 15) is 9.59 Å². The Kier molecular flexibility index (Phi) is 6.97. The normalized spacial score (nSPS) is 14.9. The summed E-state index contributed by atoms with van der Waals surface area (Å²) >= 11 is 0. The second kappa shape index (κ2) is 9.19. The van der Waals surface area contributed by atoms with Crippen molar-refractivity contribution in [2.75, 3.05) is 31.6 Å². The molecule has 0 aromatic carbocycles. The van der Waals surface area contributed by atoms with Crippen LogP contribution in [0, 0.1) is 6.92 Å². The number of likely N-dealkylation sites (tertiary alicyclic amines) is 1. The molecule has 0 bridgehead atoms. The number of aromatic nitrogens is 2. The van der Waals surface area contributed by atoms with E-state index in [0.717, 1.165) is 25.0 Å². The maximum absolute atomic E-state index is 12.1. The van der Waals surface area contributed by atoms with Crippen LogP contribution >= 0.6 is 0 Å². The number of piperidine rings is 1. The topological polar surface area (TPSA) is 96.5 Å². The molecule has 1 aromatic heterocycles. The molecule has 0 unspecified atom stereocenters. The summed E-state index contributed by atoms with van der Waals surface area (Å²) in [6, 6.07) is 1.85. The van der Waals surface area contributed by atoms with Crippen LogP contribution in [-0.4, -0.2) is 59.2 Å². The fourth-order valence-electron chi connectivity index (χ4n) is 2.68. The second-order valence-corrected chi connectivity index (χ2v) is 6.08. The van der Waals surface area contributed by atoms with Gasteiger partial charge < -0.3 is 20.3 Å². The van der Waals surface area contributed by atoms with Gasteiger partial charge in [-0.2, -0.15) is 0 Å². The molecule has 0 spiro atoms. The zero-order valence-corrected chi connectivity index (χ0v) is 15.2. The lowest BCUT2D eigenvalue weighted by Crippen LogP contribution is -2.42. The average Bonchev–Trinajstić information content (AvgIpc) is 2.60. The number of nitrogens with zero attached hydrogens (tertiary/aromatic N) is 3. The highest BCUT2D eigenvalue weighted by molar-refractivity contribution is 5.92. The maximum Gasteiger partial charge on any atom is 0.409 e. The monoisotopic (exact) mass is 349 g/mol. The van der Waals surface area contributed by atoms with E-state index in [1.165, 1.54) is 0 Å². The lowest BCUT2D eigenvalue weighted by Gasteiger charge is -2.31. The number of amides is 2. The molecule has 2 N–H and O–H groups in total. The van der Waals surface area contributed by atoms with Crippen molar-refractivity contribution in [2.24, 2.45) is 0 Å². The Morgan fingerprint density at radius 1 is 1.28 bits per heavy atom. The molecule has 2 rings (SSSR count). The molecule has 2 heterocycles. The number of ether oxygens (including phenoxy) is 1. The van der Waals surface area contributed by atoms with Crippen LogP contribution < -0.4 is 10.6 Å². The predicted molar refractivity (Wildman–Crippen MR) is 94.6 cm³/mol. The van der Waals surface area contributed by atoms with Gasteiger partial charge in [-0.3, -0.25) is 4.79 Å². The number of carbonyl (C=O) groups is 2. The van der Waals surface area contributed by atoms with Gasteiger partial charge in [0.15, 0.2) is 0 Å². The summed E-state index contributed by atoms with van der Waals surface area (Å²) in [4.78, 5) is 34.2. The molecule has 25 heavy (non-hydrogen) atoms. The van der Waals surface area contributed by atoms with Crippen molar-refractivity contribution < 1.29 is 14.3 Å². The first kappa shape index (κ1) is 19.0. The van der Waals surface area contributed by atoms with Gasteiger partial charge in [0, 0.05) is 31.4 Å². The van der Waals surface area contributed by atoms with E-state index in [-0.39, 0.29) is 18.0 Å². The quantitative estimate of drug-likeness (QED) is 0.815. The molecule has 1 fully saturated rings. The van der Waals surface area contributed by atoms with Gasteiger partial charge in [-0.05, 0) is 39.2 Å². The Hall–Kier alpha value is -2.38. The van der Waals surface area contributed by atoms with Gasteiger partial charge in [-0.1, -0.05) is 6.92 Å². The summed E-state index contributed by atoms with van der Waals surface area (Å²) in [5.74, 6) is 0.267. The molecule has 0 aliphatic carbocycles. The molecule has 1 aliphatic heterocycles. The van der Waals surface area contributed by atoms with Crippen molar-refractivity contribution in [3.8, 4) is 0 Å². The van der Waals surface area contributed by atoms with Gasteiger partial charge in [0.2, 0.25) is 5.95 Å². The zero-order chi connectivity index (χ0) is 18.2. The predicted octanol–water partition coefficient (Wildman–Crippen LogP) is 1.96. The molecule has 8 nitrogen and oxygen atoms in total. The maximum atomic E-state index is 12.1. The summed E-state index contributed by atoms with van der Waals surface area (Å²) in [6.45, 7) is 7.91. The fraction of sp³-hybridized carbons (Fsp3) is 0.647. The van der Waals surface area contributed by atoms with E-state index in [1.807, 2.05) is 13.8 Å². The number of rotatable bonds is 6. The molecule has 2 amide bonds. The molecular formula is C17H27N5O3. The molecular weight excluding hydrogens is 322 g/mol. The van der Waals surface area contributed by atoms with Gasteiger partial charge in [-0.25, -0.2) is 14.8 Å². The highest BCUT2D eigenvalue weighted by Crippen LogP contribution is 2.16. The van der Waals surface area contributed by atoms with Gasteiger partial charge >= 0.3 is 6.09 Å². The van der Waals surface area contributed by atoms with Gasteiger partial charge in [0.05, 0.1) is 6.61 Å². The Morgan fingerprint density at radius 2 is 2.00 bits per heavy atom. The first-order chi connectivity index (χ1) is 12.0. The Bertz CT molecular complexity index is 600. The van der Waals surface area contributed by atoms with E-state index in [2.05, 4.69) is 20.6 Å². The van der Waals surface area contributed by atoms with Crippen molar-refractivity contribution in [1.82, 2.24) is 20.2 Å². The standard InChI is InChI=1S/C17H27N5O3/c1-4-8-18-15(23)14-11-12(3)19-16(21-14)20-13-6-9-22(10-7-13)17(24)25-5-2/h11,13H,4-10H2,1-3H3,(H,18,23)(H,19,20,21). The minimum Gasteiger partial charge on any atom is -0.450 e. The Labute approximate surface area is 148 Å². The molecule has 1 aromatic rings. The van der Waals surface area contributed by atoms with Crippen LogP contribution in [0.5, 0.6) is 0 Å². The first-order valence-electron chi connectivity index (χ1n) is 8.85. The summed E-state index contributed by atoms with van der Waals surface area (Å²) in [7, 11) is 0. The van der Waals surface area contributed by atoms with Crippen molar-refractivity contribution >= 4 is 17.9 Å². The van der Waals surface area contributed by atoms with E-state index < -0.39 is 0 Å². The third-order valence-electron chi connectivity index (χ3n) is 3.98. The van der Waals surface area contributed by atoms with Crippen molar-refractivity contribution in [3.63, 3.8) is 0 Å². The molecule has 1 saturated heterocycles. The third-order valence-corrected chi connectivity index (χ3v) is 3.98. The number of hydrogen-bond donors (Lipinski definition) is 2. The van der Waals surface area contributed by atoms with E-state index >= 15 is 0 Å². The second-order valence-electron chi connectivity index (χ2n) is 6.08. The summed E-state index contributed by atoms with van der Waals surface area (Å²) in [6.07, 6.45) is 2.18. The molecule has 0 radical (unpaired) electrons. The van der Waals surface area contributed by atoms with E-state index in [0.29, 0.717) is 37.9 Å². The van der Waals surface area contributed by atoms with Gasteiger partial charge in [-0.15, -0.1) is 0 Å². The Morgan fingerprint density at radius 3 is 2.64 bits per heavy atom. The van der Waals surface area contributed by atoms with Crippen LogP contribution in [0.15, 0.2) is 6.07 Å². The van der Waals surface area contributed by atoms with Crippen LogP contribution in [0.1, 0.15) is 49.3 Å². The highest BCUT2D eigenvalue weighted by atomic mass is 16.6. The highest BCUT2D eigenvalue weighted by Gasteiger charge is 2.24. The molecule has 8 heteroatoms. The number of anilines is 1. The van der Waals surface area contributed by atoms with Crippen molar-refractivity contribution in [3.05, 3.63) is 17.5 Å². The number of aryl methyl sites for hydroxylation is 1. The van der Waals surface area contributed by atoms with Gasteiger partial charge in [0.25, 0.3) is 5.91 Å². The van der Waals surface area contributed by atoms with Crippen molar-refractivity contribution in [1.29, 1.82) is 0 Å². The molecule has 138 valence electrons. The molecule has 1 aliphatic rings. The number of nitrogens with one attached hydrogen (secondary N) is 2. The summed E-state index contributed by atoms with van der Waals surface area (Å²) in [5.41, 5.74) is 1.11. The lowest BCUT2D eigenvalue weighted by atomic mass is 10.1. The lowest BCUT2D eigenvalue weighted by molar-refractivity contribution is 0.0945. The van der Waals surface area contributed by atoms with Gasteiger partial charge in [0.1, 0.15) is 5.69 Å². The zero-order valence-electron chi connectivity index (χ0n) is 15.2. The SMILES string of the molecule is CCCNC(=O)c1cc(C)nc(NC2CCN(C(=O)OCC)CC2)n1. The van der Waals surface area contributed by atoms with Crippen LogP contribution in [0.25, 0.3) is 0 Å². The molecule has 0 atom stereocenters. The van der Waals surface area contributed by atoms with Crippen LogP contribution in [-0.2, 0) is 4.74 Å². The summed E-state index contributed by atoms with van der Waals surface area (Å²) < 4.78 is 5.02.